The first-order chi connectivity index (χ1) is 8.22. The summed E-state index contributed by atoms with van der Waals surface area (Å²) >= 11 is 0. The number of amides is 1. The Morgan fingerprint density at radius 2 is 2.00 bits per heavy atom. The van der Waals surface area contributed by atoms with Crippen LogP contribution in [0.2, 0.25) is 0 Å². The number of aromatic nitrogens is 1. The first-order valence-electron chi connectivity index (χ1n) is 5.45. The number of nitrogens with one attached hydrogen (secondary N) is 1. The van der Waals surface area contributed by atoms with E-state index >= 15 is 0 Å². The second-order valence-electron chi connectivity index (χ2n) is 3.53. The molecule has 1 N–H and O–H groups in total. The Morgan fingerprint density at radius 1 is 1.29 bits per heavy atom. The van der Waals surface area contributed by atoms with Gasteiger partial charge in [-0.05, 0) is 24.1 Å². The van der Waals surface area contributed by atoms with E-state index in [1.54, 1.807) is 12.4 Å². The Kier molecular flexibility index (Phi) is 5.71. The summed E-state index contributed by atoms with van der Waals surface area (Å²) in [5, 5.41) is 2.66. The van der Waals surface area contributed by atoms with E-state index < -0.39 is 0 Å². The van der Waals surface area contributed by atoms with Crippen molar-refractivity contribution in [2.45, 2.75) is 19.3 Å². The maximum atomic E-state index is 11.4. The molecule has 0 aliphatic heterocycles. The first-order valence-corrected chi connectivity index (χ1v) is 5.45. The van der Waals surface area contributed by atoms with E-state index in [4.69, 9.17) is 0 Å². The molecule has 0 radical (unpaired) electrons. The molecule has 0 unspecified atom stereocenters. The van der Waals surface area contributed by atoms with Gasteiger partial charge >= 0.3 is 5.97 Å². The molecule has 0 fully saturated rings. The monoisotopic (exact) mass is 236 g/mol. The van der Waals surface area contributed by atoms with Crippen LogP contribution in [-0.4, -0.2) is 30.5 Å². The number of pyridine rings is 1. The highest BCUT2D eigenvalue weighted by molar-refractivity contribution is 5.77. The number of ether oxygens (including phenoxy) is 1. The third-order valence-electron chi connectivity index (χ3n) is 2.27. The van der Waals surface area contributed by atoms with Crippen molar-refractivity contribution in [3.8, 4) is 0 Å². The normalized spacial score (nSPS) is 9.71. The van der Waals surface area contributed by atoms with Gasteiger partial charge in [0.1, 0.15) is 0 Å². The van der Waals surface area contributed by atoms with Crippen LogP contribution in [-0.2, 0) is 20.7 Å². The zero-order valence-corrected chi connectivity index (χ0v) is 9.81. The van der Waals surface area contributed by atoms with Crippen molar-refractivity contribution in [2.24, 2.45) is 0 Å². The Morgan fingerprint density at radius 3 is 2.65 bits per heavy atom. The van der Waals surface area contributed by atoms with Gasteiger partial charge in [0.05, 0.1) is 13.5 Å². The predicted molar refractivity (Wildman–Crippen MR) is 62.2 cm³/mol. The van der Waals surface area contributed by atoms with Crippen LogP contribution in [0.25, 0.3) is 0 Å². The largest absolute Gasteiger partial charge is 0.469 e. The lowest BCUT2D eigenvalue weighted by molar-refractivity contribution is -0.140. The maximum absolute atomic E-state index is 11.4. The summed E-state index contributed by atoms with van der Waals surface area (Å²) in [7, 11) is 1.33. The predicted octanol–water partition coefficient (Wildman–Crippen LogP) is 0.693. The summed E-state index contributed by atoms with van der Waals surface area (Å²) in [4.78, 5) is 26.1. The lowest BCUT2D eigenvalue weighted by Gasteiger charge is -2.04. The molecule has 0 aliphatic carbocycles. The molecule has 0 spiro atoms. The lowest BCUT2D eigenvalue weighted by Crippen LogP contribution is -2.26. The van der Waals surface area contributed by atoms with E-state index in [0.717, 1.165) is 5.56 Å². The SMILES string of the molecule is COC(=O)CCNC(=O)CCc1ccncc1. The van der Waals surface area contributed by atoms with Crippen molar-refractivity contribution >= 4 is 11.9 Å². The van der Waals surface area contributed by atoms with Crippen molar-refractivity contribution in [3.05, 3.63) is 30.1 Å². The van der Waals surface area contributed by atoms with Crippen molar-refractivity contribution in [3.63, 3.8) is 0 Å². The second-order valence-corrected chi connectivity index (χ2v) is 3.53. The minimum atomic E-state index is -0.320. The van der Waals surface area contributed by atoms with E-state index in [2.05, 4.69) is 15.0 Å². The lowest BCUT2D eigenvalue weighted by atomic mass is 10.1. The van der Waals surface area contributed by atoms with Crippen molar-refractivity contribution in [2.75, 3.05) is 13.7 Å². The van der Waals surface area contributed by atoms with Crippen molar-refractivity contribution in [1.29, 1.82) is 0 Å². The number of rotatable bonds is 6. The average Bonchev–Trinajstić information content (AvgIpc) is 2.37. The molecule has 0 atom stereocenters. The molecule has 1 aromatic rings. The van der Waals surface area contributed by atoms with E-state index in [0.29, 0.717) is 19.4 Å². The number of esters is 1. The fourth-order valence-corrected chi connectivity index (χ4v) is 1.30. The number of carbonyl (C=O) groups is 2. The molecular formula is C12H16N2O3. The molecule has 1 rings (SSSR count). The second kappa shape index (κ2) is 7.38. The number of methoxy groups -OCH3 is 1. The number of carbonyl (C=O) groups excluding carboxylic acids is 2. The number of nitrogens with zero attached hydrogens (tertiary/aromatic N) is 1. The maximum Gasteiger partial charge on any atom is 0.307 e. The van der Waals surface area contributed by atoms with Crippen LogP contribution in [0.3, 0.4) is 0 Å². The minimum absolute atomic E-state index is 0.0642. The molecular weight excluding hydrogens is 220 g/mol. The van der Waals surface area contributed by atoms with Crippen LogP contribution in [0, 0.1) is 0 Å². The topological polar surface area (TPSA) is 68.3 Å². The molecule has 5 heteroatoms. The summed E-state index contributed by atoms with van der Waals surface area (Å²) in [5.74, 6) is -0.384. The molecule has 17 heavy (non-hydrogen) atoms. The number of hydrogen-bond donors (Lipinski definition) is 1. The van der Waals surface area contributed by atoms with Crippen molar-refractivity contribution in [1.82, 2.24) is 10.3 Å². The third kappa shape index (κ3) is 5.65. The Bertz CT molecular complexity index is 365. The van der Waals surface area contributed by atoms with Gasteiger partial charge in [-0.1, -0.05) is 0 Å². The fourth-order valence-electron chi connectivity index (χ4n) is 1.30. The minimum Gasteiger partial charge on any atom is -0.469 e. The molecule has 1 aromatic heterocycles. The summed E-state index contributed by atoms with van der Waals surface area (Å²) in [6.07, 6.45) is 4.68. The van der Waals surface area contributed by atoms with E-state index in [1.165, 1.54) is 7.11 Å². The van der Waals surface area contributed by atoms with Crippen LogP contribution < -0.4 is 5.32 Å². The van der Waals surface area contributed by atoms with Crippen molar-refractivity contribution < 1.29 is 14.3 Å². The smallest absolute Gasteiger partial charge is 0.307 e. The molecule has 0 aromatic carbocycles. The summed E-state index contributed by atoms with van der Waals surface area (Å²) < 4.78 is 4.46. The van der Waals surface area contributed by atoms with Gasteiger partial charge in [-0.3, -0.25) is 14.6 Å². The standard InChI is InChI=1S/C12H16N2O3/c1-17-12(16)6-9-14-11(15)3-2-10-4-7-13-8-5-10/h4-5,7-8H,2-3,6,9H2,1H3,(H,14,15). The molecule has 0 aliphatic rings. The highest BCUT2D eigenvalue weighted by Gasteiger charge is 2.04. The molecule has 92 valence electrons. The summed E-state index contributed by atoms with van der Waals surface area (Å²) in [6, 6.07) is 3.75. The third-order valence-corrected chi connectivity index (χ3v) is 2.27. The van der Waals surface area contributed by atoms with Gasteiger partial charge in [0.2, 0.25) is 5.91 Å². The molecule has 1 amide bonds. The number of hydrogen-bond acceptors (Lipinski definition) is 4. The van der Waals surface area contributed by atoms with E-state index in [1.807, 2.05) is 12.1 Å². The van der Waals surface area contributed by atoms with Gasteiger partial charge in [-0.2, -0.15) is 0 Å². The molecule has 0 bridgehead atoms. The van der Waals surface area contributed by atoms with Gasteiger partial charge in [0, 0.05) is 25.4 Å². The first kappa shape index (κ1) is 13.2. The van der Waals surface area contributed by atoms with Gasteiger partial charge in [0.25, 0.3) is 0 Å². The zero-order valence-electron chi connectivity index (χ0n) is 9.81. The fraction of sp³-hybridized carbons (Fsp3) is 0.417. The zero-order chi connectivity index (χ0) is 12.5. The summed E-state index contributed by atoms with van der Waals surface area (Å²) in [5.41, 5.74) is 1.07. The Labute approximate surface area is 100 Å². The number of aryl methyl sites for hydroxylation is 1. The van der Waals surface area contributed by atoms with Gasteiger partial charge in [0.15, 0.2) is 0 Å². The van der Waals surface area contributed by atoms with Crippen LogP contribution in [0.4, 0.5) is 0 Å². The van der Waals surface area contributed by atoms with Crippen LogP contribution >= 0.6 is 0 Å². The average molecular weight is 236 g/mol. The van der Waals surface area contributed by atoms with Crippen LogP contribution in [0.15, 0.2) is 24.5 Å². The Balaban J connectivity index is 2.16. The van der Waals surface area contributed by atoms with Gasteiger partial charge in [-0.15, -0.1) is 0 Å². The van der Waals surface area contributed by atoms with Crippen LogP contribution in [0.5, 0.6) is 0 Å². The molecule has 0 saturated heterocycles. The van der Waals surface area contributed by atoms with Crippen LogP contribution in [0.1, 0.15) is 18.4 Å². The summed E-state index contributed by atoms with van der Waals surface area (Å²) in [6.45, 7) is 0.321. The molecule has 0 saturated carbocycles. The van der Waals surface area contributed by atoms with E-state index in [9.17, 15) is 9.59 Å². The highest BCUT2D eigenvalue weighted by atomic mass is 16.5. The molecule has 1 heterocycles. The van der Waals surface area contributed by atoms with E-state index in [-0.39, 0.29) is 18.3 Å². The molecule has 5 nitrogen and oxygen atoms in total. The van der Waals surface area contributed by atoms with Gasteiger partial charge in [-0.25, -0.2) is 0 Å². The quantitative estimate of drug-likeness (QED) is 0.738. The highest BCUT2D eigenvalue weighted by Crippen LogP contribution is 2.00. The van der Waals surface area contributed by atoms with Gasteiger partial charge < -0.3 is 10.1 Å². The Hall–Kier alpha value is -1.91.